The predicted octanol–water partition coefficient (Wildman–Crippen LogP) is 4.84. The fourth-order valence-electron chi connectivity index (χ4n) is 2.38. The third-order valence-electron chi connectivity index (χ3n) is 3.75. The lowest BCUT2D eigenvalue weighted by Gasteiger charge is -2.17. The average molecular weight is 378 g/mol. The Balaban J connectivity index is 2.23. The minimum Gasteiger partial charge on any atom is -0.493 e. The summed E-state index contributed by atoms with van der Waals surface area (Å²) in [6, 6.07) is 12.2. The van der Waals surface area contributed by atoms with Gasteiger partial charge in [0.2, 0.25) is 0 Å². The molecule has 2 aromatic rings. The number of methoxy groups -OCH3 is 1. The van der Waals surface area contributed by atoms with Gasteiger partial charge in [-0.1, -0.05) is 47.1 Å². The summed E-state index contributed by atoms with van der Waals surface area (Å²) in [5.41, 5.74) is 3.50. The SMILES string of the molecule is CCCNCc1c(Br)ccc(OC)c1OCc1ccccc1C. The molecule has 0 atom stereocenters. The first-order valence-electron chi connectivity index (χ1n) is 7.90. The fourth-order valence-corrected chi connectivity index (χ4v) is 2.83. The molecule has 0 saturated carbocycles. The van der Waals surface area contributed by atoms with Crippen LogP contribution in [-0.2, 0) is 13.2 Å². The standard InChI is InChI=1S/C19H24BrNO2/c1-4-11-21-12-16-17(20)9-10-18(22-3)19(16)23-13-15-8-6-5-7-14(15)2/h5-10,21H,4,11-13H2,1-3H3. The lowest BCUT2D eigenvalue weighted by atomic mass is 10.1. The molecule has 0 aromatic heterocycles. The highest BCUT2D eigenvalue weighted by Crippen LogP contribution is 2.36. The van der Waals surface area contributed by atoms with E-state index in [1.165, 1.54) is 11.1 Å². The van der Waals surface area contributed by atoms with Crippen LogP contribution in [0.15, 0.2) is 40.9 Å². The zero-order chi connectivity index (χ0) is 16.7. The van der Waals surface area contributed by atoms with Crippen molar-refractivity contribution in [3.05, 3.63) is 57.6 Å². The van der Waals surface area contributed by atoms with Gasteiger partial charge in [-0.25, -0.2) is 0 Å². The molecule has 0 aliphatic heterocycles. The van der Waals surface area contributed by atoms with E-state index in [2.05, 4.69) is 47.2 Å². The van der Waals surface area contributed by atoms with E-state index < -0.39 is 0 Å². The van der Waals surface area contributed by atoms with Crippen LogP contribution in [-0.4, -0.2) is 13.7 Å². The van der Waals surface area contributed by atoms with Crippen molar-refractivity contribution in [2.24, 2.45) is 0 Å². The average Bonchev–Trinajstić information content (AvgIpc) is 2.56. The molecule has 0 radical (unpaired) electrons. The van der Waals surface area contributed by atoms with Gasteiger partial charge >= 0.3 is 0 Å². The minimum atomic E-state index is 0.528. The first kappa shape index (κ1) is 17.8. The number of ether oxygens (including phenoxy) is 2. The van der Waals surface area contributed by atoms with Crippen LogP contribution in [0.25, 0.3) is 0 Å². The van der Waals surface area contributed by atoms with Gasteiger partial charge in [0, 0.05) is 16.6 Å². The molecule has 2 aromatic carbocycles. The van der Waals surface area contributed by atoms with E-state index in [4.69, 9.17) is 9.47 Å². The number of halogens is 1. The highest BCUT2D eigenvalue weighted by atomic mass is 79.9. The largest absolute Gasteiger partial charge is 0.493 e. The predicted molar refractivity (Wildman–Crippen MR) is 98.2 cm³/mol. The van der Waals surface area contributed by atoms with Crippen LogP contribution in [0.5, 0.6) is 11.5 Å². The summed E-state index contributed by atoms with van der Waals surface area (Å²) in [5, 5.41) is 3.43. The number of aryl methyl sites for hydroxylation is 1. The zero-order valence-electron chi connectivity index (χ0n) is 14.0. The third kappa shape index (κ3) is 4.72. The first-order valence-corrected chi connectivity index (χ1v) is 8.70. The molecule has 0 bridgehead atoms. The fraction of sp³-hybridized carbons (Fsp3) is 0.368. The molecule has 0 aliphatic carbocycles. The molecule has 0 fully saturated rings. The van der Waals surface area contributed by atoms with Crippen LogP contribution in [0.3, 0.4) is 0 Å². The number of hydrogen-bond acceptors (Lipinski definition) is 3. The van der Waals surface area contributed by atoms with Crippen molar-refractivity contribution >= 4 is 15.9 Å². The van der Waals surface area contributed by atoms with Gasteiger partial charge < -0.3 is 14.8 Å². The van der Waals surface area contributed by atoms with Crippen LogP contribution in [0.1, 0.15) is 30.0 Å². The van der Waals surface area contributed by atoms with Gasteiger partial charge in [0.25, 0.3) is 0 Å². The molecule has 0 heterocycles. The van der Waals surface area contributed by atoms with Gasteiger partial charge in [-0.05, 0) is 43.1 Å². The van der Waals surface area contributed by atoms with Crippen LogP contribution in [0.4, 0.5) is 0 Å². The Morgan fingerprint density at radius 3 is 2.61 bits per heavy atom. The minimum absolute atomic E-state index is 0.528. The second-order valence-corrected chi connectivity index (χ2v) is 6.30. The van der Waals surface area contributed by atoms with E-state index in [0.717, 1.165) is 41.0 Å². The highest BCUT2D eigenvalue weighted by molar-refractivity contribution is 9.10. The Morgan fingerprint density at radius 1 is 1.13 bits per heavy atom. The maximum absolute atomic E-state index is 6.14. The molecule has 0 saturated heterocycles. The van der Waals surface area contributed by atoms with E-state index >= 15 is 0 Å². The molecular weight excluding hydrogens is 354 g/mol. The van der Waals surface area contributed by atoms with Crippen LogP contribution in [0.2, 0.25) is 0 Å². The summed E-state index contributed by atoms with van der Waals surface area (Å²) in [6.07, 6.45) is 1.10. The third-order valence-corrected chi connectivity index (χ3v) is 4.49. The van der Waals surface area contributed by atoms with E-state index in [1.807, 2.05) is 24.3 Å². The van der Waals surface area contributed by atoms with Gasteiger partial charge in [0.15, 0.2) is 11.5 Å². The van der Waals surface area contributed by atoms with Crippen molar-refractivity contribution in [3.63, 3.8) is 0 Å². The second kappa shape index (κ2) is 8.94. The van der Waals surface area contributed by atoms with Crippen molar-refractivity contribution in [2.45, 2.75) is 33.4 Å². The van der Waals surface area contributed by atoms with Gasteiger partial charge in [0.05, 0.1) is 7.11 Å². The number of benzene rings is 2. The smallest absolute Gasteiger partial charge is 0.167 e. The van der Waals surface area contributed by atoms with Crippen molar-refractivity contribution in [3.8, 4) is 11.5 Å². The van der Waals surface area contributed by atoms with Crippen LogP contribution < -0.4 is 14.8 Å². The number of nitrogens with one attached hydrogen (secondary N) is 1. The van der Waals surface area contributed by atoms with Crippen molar-refractivity contribution < 1.29 is 9.47 Å². The van der Waals surface area contributed by atoms with E-state index in [-0.39, 0.29) is 0 Å². The van der Waals surface area contributed by atoms with Gasteiger partial charge in [0.1, 0.15) is 6.61 Å². The van der Waals surface area contributed by atoms with Crippen molar-refractivity contribution in [1.82, 2.24) is 5.32 Å². The summed E-state index contributed by atoms with van der Waals surface area (Å²) < 4.78 is 12.7. The molecule has 0 unspecified atom stereocenters. The van der Waals surface area contributed by atoms with Crippen molar-refractivity contribution in [2.75, 3.05) is 13.7 Å². The number of rotatable bonds is 8. The van der Waals surface area contributed by atoms with E-state index in [9.17, 15) is 0 Å². The Bertz CT molecular complexity index is 643. The monoisotopic (exact) mass is 377 g/mol. The molecule has 124 valence electrons. The van der Waals surface area contributed by atoms with Gasteiger partial charge in [-0.2, -0.15) is 0 Å². The second-order valence-electron chi connectivity index (χ2n) is 5.45. The van der Waals surface area contributed by atoms with Crippen LogP contribution in [0, 0.1) is 6.92 Å². The van der Waals surface area contributed by atoms with E-state index in [1.54, 1.807) is 7.11 Å². The molecule has 0 spiro atoms. The molecule has 2 rings (SSSR count). The molecule has 1 N–H and O–H groups in total. The first-order chi connectivity index (χ1) is 11.2. The molecule has 4 heteroatoms. The summed E-state index contributed by atoms with van der Waals surface area (Å²) in [5.74, 6) is 1.56. The maximum Gasteiger partial charge on any atom is 0.167 e. The molecule has 23 heavy (non-hydrogen) atoms. The topological polar surface area (TPSA) is 30.5 Å². The Labute approximate surface area is 147 Å². The molecule has 3 nitrogen and oxygen atoms in total. The van der Waals surface area contributed by atoms with Gasteiger partial charge in [-0.15, -0.1) is 0 Å². The lowest BCUT2D eigenvalue weighted by molar-refractivity contribution is 0.280. The molecular formula is C19H24BrNO2. The summed E-state index contributed by atoms with van der Waals surface area (Å²) in [4.78, 5) is 0. The Hall–Kier alpha value is -1.52. The normalized spacial score (nSPS) is 10.6. The Kier molecular flexibility index (Phi) is 6.93. The Morgan fingerprint density at radius 2 is 1.91 bits per heavy atom. The zero-order valence-corrected chi connectivity index (χ0v) is 15.6. The lowest BCUT2D eigenvalue weighted by Crippen LogP contribution is -2.15. The summed E-state index contributed by atoms with van der Waals surface area (Å²) in [7, 11) is 1.67. The summed E-state index contributed by atoms with van der Waals surface area (Å²) >= 11 is 3.63. The number of hydrogen-bond donors (Lipinski definition) is 1. The van der Waals surface area contributed by atoms with Crippen molar-refractivity contribution in [1.29, 1.82) is 0 Å². The quantitative estimate of drug-likeness (QED) is 0.667. The van der Waals surface area contributed by atoms with E-state index in [0.29, 0.717) is 6.61 Å². The van der Waals surface area contributed by atoms with Crippen LogP contribution >= 0.6 is 15.9 Å². The highest BCUT2D eigenvalue weighted by Gasteiger charge is 2.15. The van der Waals surface area contributed by atoms with Gasteiger partial charge in [-0.3, -0.25) is 0 Å². The molecule has 0 amide bonds. The summed E-state index contributed by atoms with van der Waals surface area (Å²) in [6.45, 7) is 6.50. The molecule has 0 aliphatic rings. The maximum atomic E-state index is 6.14.